The lowest BCUT2D eigenvalue weighted by atomic mass is 9.99. The molecular formula is C6H10O7. The summed E-state index contributed by atoms with van der Waals surface area (Å²) < 4.78 is 4.34. The van der Waals surface area contributed by atoms with Crippen LogP contribution in [0.3, 0.4) is 0 Å². The second-order valence-electron chi connectivity index (χ2n) is 2.76. The van der Waals surface area contributed by atoms with Crippen LogP contribution >= 0.6 is 0 Å². The van der Waals surface area contributed by atoms with Crippen LogP contribution in [0.5, 0.6) is 0 Å². The first-order valence-corrected chi connectivity index (χ1v) is 3.55. The molecule has 5 atom stereocenters. The van der Waals surface area contributed by atoms with Crippen molar-refractivity contribution in [1.82, 2.24) is 0 Å². The topological polar surface area (TPSA) is 127 Å². The van der Waals surface area contributed by atoms with Gasteiger partial charge in [-0.1, -0.05) is 0 Å². The zero-order chi connectivity index (χ0) is 10.2. The quantitative estimate of drug-likeness (QED) is 0.298. The standard InChI is InChI=1S/C6H10O7/c7-1-2(8)4(5(10)11)13-6(12)3(1)9/h1-4,6-9,12H,(H,10,11)/t1-,2-,3+,4+,6-/m0/s1. The molecule has 0 unspecified atom stereocenters. The minimum Gasteiger partial charge on any atom is -0.479 e. The van der Waals surface area contributed by atoms with Crippen molar-refractivity contribution in [1.29, 1.82) is 0 Å². The summed E-state index contributed by atoms with van der Waals surface area (Å²) in [5.74, 6) is -1.52. The Hall–Kier alpha value is -0.730. The fourth-order valence-electron chi connectivity index (χ4n) is 1.07. The van der Waals surface area contributed by atoms with Crippen molar-refractivity contribution in [2.75, 3.05) is 0 Å². The number of carboxylic acid groups (broad SMARTS) is 1. The molecule has 76 valence electrons. The minimum atomic E-state index is -1.81. The Balaban J connectivity index is 2.76. The first kappa shape index (κ1) is 10.4. The molecule has 0 bridgehead atoms. The Morgan fingerprint density at radius 3 is 2.00 bits per heavy atom. The average molecular weight is 194 g/mol. The molecule has 0 radical (unpaired) electrons. The van der Waals surface area contributed by atoms with E-state index in [-0.39, 0.29) is 0 Å². The van der Waals surface area contributed by atoms with Crippen molar-refractivity contribution in [3.05, 3.63) is 0 Å². The van der Waals surface area contributed by atoms with Crippen LogP contribution in [0.4, 0.5) is 0 Å². The van der Waals surface area contributed by atoms with Gasteiger partial charge in [0.25, 0.3) is 0 Å². The number of hydrogen-bond acceptors (Lipinski definition) is 6. The van der Waals surface area contributed by atoms with Crippen molar-refractivity contribution >= 4 is 5.97 Å². The van der Waals surface area contributed by atoms with Gasteiger partial charge in [-0.15, -0.1) is 0 Å². The van der Waals surface area contributed by atoms with Gasteiger partial charge in [0.1, 0.15) is 18.3 Å². The highest BCUT2D eigenvalue weighted by Gasteiger charge is 2.46. The van der Waals surface area contributed by atoms with Gasteiger partial charge in [-0.05, 0) is 0 Å². The van der Waals surface area contributed by atoms with Crippen molar-refractivity contribution in [3.8, 4) is 0 Å². The second kappa shape index (κ2) is 3.56. The molecule has 13 heavy (non-hydrogen) atoms. The summed E-state index contributed by atoms with van der Waals surface area (Å²) >= 11 is 0. The number of carbonyl (C=O) groups is 1. The molecule has 1 aliphatic rings. The third-order valence-corrected chi connectivity index (χ3v) is 1.83. The van der Waals surface area contributed by atoms with E-state index in [2.05, 4.69) is 4.74 Å². The Bertz CT molecular complexity index is 205. The van der Waals surface area contributed by atoms with Crippen molar-refractivity contribution < 1.29 is 35.1 Å². The third kappa shape index (κ3) is 1.79. The van der Waals surface area contributed by atoms with Gasteiger partial charge in [-0.3, -0.25) is 0 Å². The molecule has 1 rings (SSSR count). The Morgan fingerprint density at radius 1 is 1.00 bits per heavy atom. The van der Waals surface area contributed by atoms with Gasteiger partial charge < -0.3 is 30.3 Å². The predicted octanol–water partition coefficient (Wildman–Crippen LogP) is -3.13. The molecule has 0 saturated carbocycles. The van der Waals surface area contributed by atoms with E-state index in [1.165, 1.54) is 0 Å². The molecule has 0 amide bonds. The maximum Gasteiger partial charge on any atom is 0.335 e. The largest absolute Gasteiger partial charge is 0.479 e. The molecule has 0 aromatic heterocycles. The van der Waals surface area contributed by atoms with E-state index in [0.29, 0.717) is 0 Å². The number of carboxylic acids is 1. The van der Waals surface area contributed by atoms with Gasteiger partial charge in [0, 0.05) is 0 Å². The van der Waals surface area contributed by atoms with Gasteiger partial charge in [0.15, 0.2) is 12.4 Å². The maximum absolute atomic E-state index is 10.4. The normalized spacial score (nSPS) is 46.0. The highest BCUT2D eigenvalue weighted by molar-refractivity contribution is 5.73. The van der Waals surface area contributed by atoms with Gasteiger partial charge in [0.2, 0.25) is 0 Å². The first-order chi connectivity index (χ1) is 5.95. The number of aliphatic hydroxyl groups excluding tert-OH is 4. The lowest BCUT2D eigenvalue weighted by molar-refractivity contribution is -0.279. The first-order valence-electron chi connectivity index (χ1n) is 3.55. The molecule has 0 aromatic rings. The Labute approximate surface area is 72.8 Å². The van der Waals surface area contributed by atoms with E-state index in [0.717, 1.165) is 0 Å². The number of ether oxygens (including phenoxy) is 1. The van der Waals surface area contributed by atoms with E-state index in [4.69, 9.17) is 25.5 Å². The van der Waals surface area contributed by atoms with Crippen LogP contribution in [0, 0.1) is 0 Å². The van der Waals surface area contributed by atoms with Crippen LogP contribution in [0.1, 0.15) is 0 Å². The minimum absolute atomic E-state index is 1.52. The van der Waals surface area contributed by atoms with Crippen LogP contribution in [-0.2, 0) is 9.53 Å². The predicted molar refractivity (Wildman–Crippen MR) is 36.5 cm³/mol. The number of aliphatic carboxylic acids is 1. The van der Waals surface area contributed by atoms with Crippen LogP contribution < -0.4 is 0 Å². The van der Waals surface area contributed by atoms with Crippen molar-refractivity contribution in [3.63, 3.8) is 0 Å². The van der Waals surface area contributed by atoms with Gasteiger partial charge in [-0.2, -0.15) is 0 Å². The molecule has 7 heteroatoms. The fourth-order valence-corrected chi connectivity index (χ4v) is 1.07. The Morgan fingerprint density at radius 2 is 1.54 bits per heavy atom. The van der Waals surface area contributed by atoms with Gasteiger partial charge in [-0.25, -0.2) is 4.79 Å². The summed E-state index contributed by atoms with van der Waals surface area (Å²) in [6, 6.07) is 0. The van der Waals surface area contributed by atoms with Crippen LogP contribution in [0.2, 0.25) is 0 Å². The van der Waals surface area contributed by atoms with Crippen molar-refractivity contribution in [2.24, 2.45) is 0 Å². The lowest BCUT2D eigenvalue weighted by Crippen LogP contribution is -2.59. The van der Waals surface area contributed by atoms with Gasteiger partial charge >= 0.3 is 5.97 Å². The SMILES string of the molecule is O=C(O)[C@@H]1O[C@H](O)[C@H](O)[C@@H](O)[C@@H]1O. The molecule has 5 N–H and O–H groups in total. The third-order valence-electron chi connectivity index (χ3n) is 1.83. The van der Waals surface area contributed by atoms with E-state index in [9.17, 15) is 4.79 Å². The van der Waals surface area contributed by atoms with Crippen LogP contribution in [-0.4, -0.2) is 62.2 Å². The second-order valence-corrected chi connectivity index (χ2v) is 2.76. The number of hydrogen-bond donors (Lipinski definition) is 5. The maximum atomic E-state index is 10.4. The zero-order valence-electron chi connectivity index (χ0n) is 6.44. The zero-order valence-corrected chi connectivity index (χ0v) is 6.44. The van der Waals surface area contributed by atoms with Crippen molar-refractivity contribution in [2.45, 2.75) is 30.7 Å². The smallest absolute Gasteiger partial charge is 0.335 e. The molecule has 0 aliphatic carbocycles. The molecule has 1 fully saturated rings. The molecule has 0 aromatic carbocycles. The van der Waals surface area contributed by atoms with Gasteiger partial charge in [0.05, 0.1) is 0 Å². The molecule has 1 saturated heterocycles. The summed E-state index contributed by atoms with van der Waals surface area (Å²) in [4.78, 5) is 10.4. The summed E-state index contributed by atoms with van der Waals surface area (Å²) in [5.41, 5.74) is 0. The summed E-state index contributed by atoms with van der Waals surface area (Å²) in [6.45, 7) is 0. The van der Waals surface area contributed by atoms with E-state index < -0.39 is 36.7 Å². The molecule has 1 aliphatic heterocycles. The molecule has 0 spiro atoms. The summed E-state index contributed by atoms with van der Waals surface area (Å²) in [7, 11) is 0. The summed E-state index contributed by atoms with van der Waals surface area (Å²) in [5, 5.41) is 44.4. The van der Waals surface area contributed by atoms with E-state index in [1.807, 2.05) is 0 Å². The molecule has 7 nitrogen and oxygen atoms in total. The number of rotatable bonds is 1. The number of aliphatic hydroxyl groups is 4. The van der Waals surface area contributed by atoms with E-state index in [1.54, 1.807) is 0 Å². The molecule has 1 heterocycles. The van der Waals surface area contributed by atoms with Crippen LogP contribution in [0.25, 0.3) is 0 Å². The highest BCUT2D eigenvalue weighted by Crippen LogP contribution is 2.19. The lowest BCUT2D eigenvalue weighted by Gasteiger charge is -2.36. The monoisotopic (exact) mass is 194 g/mol. The van der Waals surface area contributed by atoms with E-state index >= 15 is 0 Å². The Kier molecular flexibility index (Phi) is 2.84. The highest BCUT2D eigenvalue weighted by atomic mass is 16.6. The summed E-state index contributed by atoms with van der Waals surface area (Å²) in [6.07, 6.45) is -8.72. The van der Waals surface area contributed by atoms with Crippen LogP contribution in [0.15, 0.2) is 0 Å². The molecular weight excluding hydrogens is 184 g/mol. The fraction of sp³-hybridized carbons (Fsp3) is 0.833. The average Bonchev–Trinajstić information content (AvgIpc) is 2.07.